The zero-order valence-corrected chi connectivity index (χ0v) is 18.6. The van der Waals surface area contributed by atoms with Gasteiger partial charge in [-0.25, -0.2) is 0 Å². The maximum atomic E-state index is 6.31. The minimum atomic E-state index is 0.273. The summed E-state index contributed by atoms with van der Waals surface area (Å²) in [6.07, 6.45) is 10.6. The summed E-state index contributed by atoms with van der Waals surface area (Å²) >= 11 is 0. The third-order valence-electron chi connectivity index (χ3n) is 4.44. The number of nitrogens with zero attached hydrogens (tertiary/aromatic N) is 3. The Kier molecular flexibility index (Phi) is 10.4. The molecule has 0 saturated heterocycles. The highest BCUT2D eigenvalue weighted by atomic mass is 15.4. The van der Waals surface area contributed by atoms with Gasteiger partial charge >= 0.3 is 0 Å². The number of anilines is 1. The van der Waals surface area contributed by atoms with Crippen LogP contribution in [0.1, 0.15) is 23.6 Å². The number of aliphatic imine (C=N–C) groups is 1. The summed E-state index contributed by atoms with van der Waals surface area (Å²) in [5.41, 5.74) is 30.0. The zero-order valence-electron chi connectivity index (χ0n) is 18.6. The number of hydrogen-bond donors (Lipinski definition) is 5. The Morgan fingerprint density at radius 1 is 1.26 bits per heavy atom. The van der Waals surface area contributed by atoms with Crippen LogP contribution in [-0.4, -0.2) is 38.1 Å². The van der Waals surface area contributed by atoms with Crippen molar-refractivity contribution in [1.82, 2.24) is 10.3 Å². The van der Waals surface area contributed by atoms with Crippen molar-refractivity contribution < 1.29 is 0 Å². The highest BCUT2D eigenvalue weighted by Crippen LogP contribution is 2.24. The highest BCUT2D eigenvalue weighted by Gasteiger charge is 2.10. The Bertz CT molecular complexity index is 935. The van der Waals surface area contributed by atoms with Crippen LogP contribution in [0.4, 0.5) is 5.69 Å². The number of nitrogens with two attached hydrogens (primary N) is 4. The van der Waals surface area contributed by atoms with E-state index in [1.54, 1.807) is 25.7 Å². The number of aryl methyl sites for hydroxylation is 1. The SMILES string of the molecule is C=NN(/C=C(\N)c1ccc(C)c(N)c1C=NC)C/C(N)=C/NC(=C)/C=C\C(=C/C)CN. The molecule has 1 aromatic carbocycles. The second-order valence-electron chi connectivity index (χ2n) is 6.76. The molecule has 8 nitrogen and oxygen atoms in total. The summed E-state index contributed by atoms with van der Waals surface area (Å²) in [4.78, 5) is 4.08. The lowest BCUT2D eigenvalue weighted by Gasteiger charge is -2.17. The predicted molar refractivity (Wildman–Crippen MR) is 134 cm³/mol. The van der Waals surface area contributed by atoms with Crippen molar-refractivity contribution >= 4 is 24.3 Å². The number of benzene rings is 1. The van der Waals surface area contributed by atoms with Gasteiger partial charge in [-0.1, -0.05) is 30.9 Å². The fourth-order valence-corrected chi connectivity index (χ4v) is 2.59. The Hall–Kier alpha value is -3.78. The molecule has 0 radical (unpaired) electrons. The maximum Gasteiger partial charge on any atom is 0.0819 e. The molecular formula is C23H34N8. The minimum Gasteiger partial charge on any atom is -0.399 e. The fraction of sp³-hybridized carbons (Fsp3) is 0.217. The van der Waals surface area contributed by atoms with Crippen LogP contribution in [0.25, 0.3) is 5.70 Å². The second-order valence-corrected chi connectivity index (χ2v) is 6.76. The molecule has 0 unspecified atom stereocenters. The Balaban J connectivity index is 2.95. The highest BCUT2D eigenvalue weighted by molar-refractivity contribution is 5.94. The summed E-state index contributed by atoms with van der Waals surface area (Å²) < 4.78 is 0. The van der Waals surface area contributed by atoms with Crippen molar-refractivity contribution in [2.45, 2.75) is 13.8 Å². The quantitative estimate of drug-likeness (QED) is 0.160. The molecule has 0 aromatic heterocycles. The van der Waals surface area contributed by atoms with Crippen molar-refractivity contribution in [3.05, 3.63) is 83.0 Å². The lowest BCUT2D eigenvalue weighted by Crippen LogP contribution is -2.21. The molecule has 0 heterocycles. The van der Waals surface area contributed by atoms with E-state index in [1.807, 2.05) is 44.2 Å². The van der Waals surface area contributed by atoms with Gasteiger partial charge in [0.15, 0.2) is 0 Å². The minimum absolute atomic E-state index is 0.273. The van der Waals surface area contributed by atoms with Gasteiger partial charge in [-0.2, -0.15) is 5.10 Å². The van der Waals surface area contributed by atoms with Crippen LogP contribution in [0.5, 0.6) is 0 Å². The van der Waals surface area contributed by atoms with Crippen molar-refractivity contribution in [2.75, 3.05) is 25.9 Å². The van der Waals surface area contributed by atoms with E-state index in [9.17, 15) is 0 Å². The third kappa shape index (κ3) is 7.87. The molecule has 0 aliphatic heterocycles. The number of hydrazone groups is 1. The van der Waals surface area contributed by atoms with Crippen LogP contribution in [0, 0.1) is 6.92 Å². The first-order valence-electron chi connectivity index (χ1n) is 9.72. The van der Waals surface area contributed by atoms with Gasteiger partial charge in [0.05, 0.1) is 12.2 Å². The average Bonchev–Trinajstić information content (AvgIpc) is 2.75. The zero-order chi connectivity index (χ0) is 23.4. The van der Waals surface area contributed by atoms with Gasteiger partial charge in [0.25, 0.3) is 0 Å². The van der Waals surface area contributed by atoms with E-state index in [0.717, 1.165) is 22.3 Å². The lowest BCUT2D eigenvalue weighted by molar-refractivity contribution is 0.435. The molecule has 0 aliphatic rings. The van der Waals surface area contributed by atoms with E-state index in [4.69, 9.17) is 22.9 Å². The predicted octanol–water partition coefficient (Wildman–Crippen LogP) is 2.17. The second kappa shape index (κ2) is 12.7. The normalized spacial score (nSPS) is 13.1. The Morgan fingerprint density at radius 2 is 1.97 bits per heavy atom. The summed E-state index contributed by atoms with van der Waals surface area (Å²) in [5, 5.41) is 8.54. The van der Waals surface area contributed by atoms with E-state index in [-0.39, 0.29) is 6.54 Å². The molecule has 9 N–H and O–H groups in total. The smallest absolute Gasteiger partial charge is 0.0819 e. The summed E-state index contributed by atoms with van der Waals surface area (Å²) in [6, 6.07) is 3.80. The molecule has 0 spiro atoms. The molecule has 31 heavy (non-hydrogen) atoms. The maximum absolute atomic E-state index is 6.31. The van der Waals surface area contributed by atoms with Crippen LogP contribution in [0.2, 0.25) is 0 Å². The van der Waals surface area contributed by atoms with Crippen LogP contribution in [0.15, 0.2) is 76.4 Å². The molecule has 0 bridgehead atoms. The van der Waals surface area contributed by atoms with E-state index < -0.39 is 0 Å². The van der Waals surface area contributed by atoms with Crippen molar-refractivity contribution in [2.24, 2.45) is 27.3 Å². The van der Waals surface area contributed by atoms with Crippen molar-refractivity contribution in [3.8, 4) is 0 Å². The molecule has 1 aromatic rings. The first kappa shape index (κ1) is 25.3. The van der Waals surface area contributed by atoms with E-state index in [0.29, 0.717) is 29.3 Å². The topological polar surface area (TPSA) is 144 Å². The molecule has 1 rings (SSSR count). The van der Waals surface area contributed by atoms with Gasteiger partial charge in [-0.05, 0) is 31.1 Å². The first-order valence-corrected chi connectivity index (χ1v) is 9.72. The first-order chi connectivity index (χ1) is 14.8. The molecule has 8 heteroatoms. The summed E-state index contributed by atoms with van der Waals surface area (Å²) in [6.45, 7) is 12.1. The molecule has 0 atom stereocenters. The fourth-order valence-electron chi connectivity index (χ4n) is 2.59. The van der Waals surface area contributed by atoms with E-state index in [1.165, 1.54) is 5.01 Å². The molecule has 0 saturated carbocycles. The average molecular weight is 423 g/mol. The van der Waals surface area contributed by atoms with Gasteiger partial charge in [0, 0.05) is 67.1 Å². The number of nitrogen functional groups attached to an aromatic ring is 1. The molecule has 0 aliphatic carbocycles. The monoisotopic (exact) mass is 422 g/mol. The van der Waals surface area contributed by atoms with Gasteiger partial charge in [-0.3, -0.25) is 10.0 Å². The van der Waals surface area contributed by atoms with Crippen molar-refractivity contribution in [3.63, 3.8) is 0 Å². The number of allylic oxidation sites excluding steroid dienone is 2. The standard InChI is InChI=1S/C23H34N8/c1-6-18(11-24)9-8-17(3)30-12-19(25)14-31(29-5)15-22(26)20-10-7-16(2)23(27)21(20)13-28-4/h6-10,12-13,15,30H,3,5,11,14,24-27H2,1-2,4H3/b9-8-,18-6+,19-12-,22-15-,28-13?. The van der Waals surface area contributed by atoms with Crippen LogP contribution < -0.4 is 28.3 Å². The summed E-state index contributed by atoms with van der Waals surface area (Å²) in [7, 11) is 1.68. The third-order valence-corrected chi connectivity index (χ3v) is 4.44. The number of rotatable bonds is 11. The Morgan fingerprint density at radius 3 is 2.55 bits per heavy atom. The van der Waals surface area contributed by atoms with Gasteiger partial charge < -0.3 is 28.3 Å². The van der Waals surface area contributed by atoms with Gasteiger partial charge in [0.2, 0.25) is 0 Å². The number of hydrogen-bond acceptors (Lipinski definition) is 8. The van der Waals surface area contributed by atoms with Gasteiger partial charge in [-0.15, -0.1) is 0 Å². The van der Waals surface area contributed by atoms with E-state index >= 15 is 0 Å². The van der Waals surface area contributed by atoms with Crippen LogP contribution in [-0.2, 0) is 0 Å². The Labute approximate surface area is 185 Å². The van der Waals surface area contributed by atoms with Crippen LogP contribution in [0.3, 0.4) is 0 Å². The largest absolute Gasteiger partial charge is 0.399 e. The summed E-state index contributed by atoms with van der Waals surface area (Å²) in [5.74, 6) is 0. The molecule has 0 amide bonds. The van der Waals surface area contributed by atoms with E-state index in [2.05, 4.69) is 28.7 Å². The lowest BCUT2D eigenvalue weighted by atomic mass is 10.0. The van der Waals surface area contributed by atoms with Crippen LogP contribution >= 0.6 is 0 Å². The number of nitrogens with one attached hydrogen (secondary N) is 1. The van der Waals surface area contributed by atoms with Crippen molar-refractivity contribution in [1.29, 1.82) is 0 Å². The molecular weight excluding hydrogens is 388 g/mol. The van der Waals surface area contributed by atoms with Gasteiger partial charge in [0.1, 0.15) is 0 Å². The molecule has 0 fully saturated rings. The molecule has 166 valence electrons.